The molecule has 2 saturated heterocycles. The predicted molar refractivity (Wildman–Crippen MR) is 110 cm³/mol. The second kappa shape index (κ2) is 15.0. The first kappa shape index (κ1) is 24.9. The molecule has 1 unspecified atom stereocenters. The number of hydrogen-bond acceptors (Lipinski definition) is 5. The molecule has 0 saturated carbocycles. The molecule has 150 valence electrons. The van der Waals surface area contributed by atoms with Crippen LogP contribution in [0.15, 0.2) is 0 Å². The van der Waals surface area contributed by atoms with Crippen molar-refractivity contribution >= 4 is 7.12 Å². The van der Waals surface area contributed by atoms with Gasteiger partial charge in [0, 0.05) is 5.54 Å². The highest BCUT2D eigenvalue weighted by molar-refractivity contribution is 6.40. The lowest BCUT2D eigenvalue weighted by Gasteiger charge is -2.27. The summed E-state index contributed by atoms with van der Waals surface area (Å²) in [4.78, 5) is 4.85. The van der Waals surface area contributed by atoms with Crippen LogP contribution in [0.1, 0.15) is 72.1 Å². The Morgan fingerprint density at radius 3 is 1.88 bits per heavy atom. The van der Waals surface area contributed by atoms with Gasteiger partial charge < -0.3 is 25.6 Å². The highest BCUT2D eigenvalue weighted by Crippen LogP contribution is 2.18. The van der Waals surface area contributed by atoms with Crippen LogP contribution in [-0.2, 0) is 0 Å². The van der Waals surface area contributed by atoms with E-state index in [1.54, 1.807) is 0 Å². The number of unbranched alkanes of at least 4 members (excludes halogenated alkanes) is 1. The SMILES string of the molecule is CC.CC(N)(CCCCB(O)O)CCN1CCCC1.CN1CCCC1. The van der Waals surface area contributed by atoms with Crippen molar-refractivity contribution in [3.63, 3.8) is 0 Å². The van der Waals surface area contributed by atoms with Crippen LogP contribution in [0.2, 0.25) is 6.32 Å². The average Bonchev–Trinajstić information content (AvgIpc) is 3.26. The summed E-state index contributed by atoms with van der Waals surface area (Å²) in [6.07, 6.45) is 9.77. The van der Waals surface area contributed by atoms with Gasteiger partial charge in [-0.3, -0.25) is 0 Å². The maximum Gasteiger partial charge on any atom is 0.451 e. The first-order valence-corrected chi connectivity index (χ1v) is 10.4. The number of rotatable bonds is 8. The maximum absolute atomic E-state index is 8.75. The smallest absolute Gasteiger partial charge is 0.427 e. The molecular weight excluding hydrogens is 313 g/mol. The quantitative estimate of drug-likeness (QED) is 0.460. The Hall–Kier alpha value is -0.135. The molecule has 1 atom stereocenters. The monoisotopic (exact) mass is 357 g/mol. The van der Waals surface area contributed by atoms with E-state index in [1.165, 1.54) is 51.9 Å². The molecule has 0 aromatic carbocycles. The summed E-state index contributed by atoms with van der Waals surface area (Å²) in [6, 6.07) is 0. The zero-order valence-corrected chi connectivity index (χ0v) is 17.3. The lowest BCUT2D eigenvalue weighted by atomic mass is 9.82. The Bertz CT molecular complexity index is 292. The first-order chi connectivity index (χ1) is 11.9. The molecule has 0 aromatic heterocycles. The molecule has 0 radical (unpaired) electrons. The summed E-state index contributed by atoms with van der Waals surface area (Å²) < 4.78 is 0. The molecule has 2 aliphatic heterocycles. The summed E-state index contributed by atoms with van der Waals surface area (Å²) in [6.45, 7) is 12.3. The van der Waals surface area contributed by atoms with E-state index in [0.717, 1.165) is 32.2 Å². The number of likely N-dealkylation sites (tertiary alicyclic amines) is 2. The van der Waals surface area contributed by atoms with Gasteiger partial charge in [-0.25, -0.2) is 0 Å². The topological polar surface area (TPSA) is 73.0 Å². The molecule has 2 aliphatic rings. The summed E-state index contributed by atoms with van der Waals surface area (Å²) >= 11 is 0. The second-order valence-electron chi connectivity index (χ2n) is 7.69. The van der Waals surface area contributed by atoms with Crippen LogP contribution < -0.4 is 5.73 Å². The van der Waals surface area contributed by atoms with Gasteiger partial charge in [-0.1, -0.05) is 26.7 Å². The van der Waals surface area contributed by atoms with Crippen LogP contribution in [0.25, 0.3) is 0 Å². The van der Waals surface area contributed by atoms with Gasteiger partial charge in [-0.05, 0) is 91.5 Å². The van der Waals surface area contributed by atoms with E-state index < -0.39 is 7.12 Å². The van der Waals surface area contributed by atoms with Gasteiger partial charge in [0.2, 0.25) is 0 Å². The fraction of sp³-hybridized carbons (Fsp3) is 1.00. The van der Waals surface area contributed by atoms with Gasteiger partial charge in [-0.2, -0.15) is 0 Å². The van der Waals surface area contributed by atoms with E-state index in [-0.39, 0.29) is 5.54 Å². The van der Waals surface area contributed by atoms with Crippen LogP contribution in [-0.4, -0.2) is 72.3 Å². The summed E-state index contributed by atoms with van der Waals surface area (Å²) in [5.41, 5.74) is 6.15. The van der Waals surface area contributed by atoms with Crippen molar-refractivity contribution in [2.45, 2.75) is 84.0 Å². The molecule has 5 nitrogen and oxygen atoms in total. The zero-order chi connectivity index (χ0) is 19.1. The van der Waals surface area contributed by atoms with Crippen molar-refractivity contribution in [3.8, 4) is 0 Å². The Morgan fingerprint density at radius 1 is 0.920 bits per heavy atom. The molecule has 0 bridgehead atoms. The maximum atomic E-state index is 8.75. The summed E-state index contributed by atoms with van der Waals surface area (Å²) in [5, 5.41) is 17.5. The molecule has 0 aliphatic carbocycles. The molecule has 4 N–H and O–H groups in total. The number of hydrogen-bond donors (Lipinski definition) is 3. The normalized spacial score (nSPS) is 20.3. The molecule has 2 fully saturated rings. The second-order valence-corrected chi connectivity index (χ2v) is 7.69. The van der Waals surface area contributed by atoms with Crippen LogP contribution >= 0.6 is 0 Å². The van der Waals surface area contributed by atoms with Crippen molar-refractivity contribution in [1.82, 2.24) is 9.80 Å². The third-order valence-corrected chi connectivity index (χ3v) is 4.99. The van der Waals surface area contributed by atoms with E-state index in [0.29, 0.717) is 6.32 Å². The lowest BCUT2D eigenvalue weighted by Crippen LogP contribution is -2.39. The van der Waals surface area contributed by atoms with Gasteiger partial charge in [0.25, 0.3) is 0 Å². The molecule has 0 aromatic rings. The third-order valence-electron chi connectivity index (χ3n) is 4.99. The highest BCUT2D eigenvalue weighted by atomic mass is 16.4. The van der Waals surface area contributed by atoms with Crippen LogP contribution in [0.5, 0.6) is 0 Å². The molecule has 6 heteroatoms. The molecule has 2 heterocycles. The van der Waals surface area contributed by atoms with E-state index in [2.05, 4.69) is 23.8 Å². The summed E-state index contributed by atoms with van der Waals surface area (Å²) in [7, 11) is 1.01. The minimum absolute atomic E-state index is 0.108. The molecule has 0 spiro atoms. The van der Waals surface area contributed by atoms with Crippen LogP contribution in [0, 0.1) is 0 Å². The van der Waals surface area contributed by atoms with Gasteiger partial charge in [-0.15, -0.1) is 0 Å². The summed E-state index contributed by atoms with van der Waals surface area (Å²) in [5.74, 6) is 0. The highest BCUT2D eigenvalue weighted by Gasteiger charge is 2.21. The van der Waals surface area contributed by atoms with E-state index in [4.69, 9.17) is 15.8 Å². The van der Waals surface area contributed by atoms with Gasteiger partial charge in [0.15, 0.2) is 0 Å². The largest absolute Gasteiger partial charge is 0.451 e. The van der Waals surface area contributed by atoms with Crippen molar-refractivity contribution in [2.75, 3.05) is 39.8 Å². The van der Waals surface area contributed by atoms with Crippen LogP contribution in [0.4, 0.5) is 0 Å². The average molecular weight is 357 g/mol. The number of nitrogens with two attached hydrogens (primary N) is 1. The Labute approximate surface area is 157 Å². The molecular formula is C19H44BN3O2. The standard InChI is InChI=1S/C12H27BN2O2.C5H11N.C2H6/c1-12(14,6-2-3-8-13(16)17)7-11-15-9-4-5-10-15;1-6-4-2-3-5-6;1-2/h16-17H,2-11,14H2,1H3;2-5H2,1H3;1-2H3. The molecule has 2 rings (SSSR count). The zero-order valence-electron chi connectivity index (χ0n) is 17.3. The fourth-order valence-corrected chi connectivity index (χ4v) is 3.28. The Morgan fingerprint density at radius 2 is 1.44 bits per heavy atom. The molecule has 25 heavy (non-hydrogen) atoms. The minimum Gasteiger partial charge on any atom is -0.427 e. The Balaban J connectivity index is 0.000000596. The van der Waals surface area contributed by atoms with Crippen molar-refractivity contribution in [2.24, 2.45) is 5.73 Å². The lowest BCUT2D eigenvalue weighted by molar-refractivity contribution is 0.277. The van der Waals surface area contributed by atoms with Gasteiger partial charge >= 0.3 is 7.12 Å². The van der Waals surface area contributed by atoms with Crippen LogP contribution in [0.3, 0.4) is 0 Å². The van der Waals surface area contributed by atoms with E-state index in [9.17, 15) is 0 Å². The molecule has 0 amide bonds. The van der Waals surface area contributed by atoms with E-state index >= 15 is 0 Å². The first-order valence-electron chi connectivity index (χ1n) is 10.4. The fourth-order valence-electron chi connectivity index (χ4n) is 3.28. The third kappa shape index (κ3) is 14.7. The van der Waals surface area contributed by atoms with Gasteiger partial charge in [0.1, 0.15) is 0 Å². The van der Waals surface area contributed by atoms with Crippen molar-refractivity contribution in [3.05, 3.63) is 0 Å². The minimum atomic E-state index is -1.16. The predicted octanol–water partition coefficient (Wildman–Crippen LogP) is 2.57. The number of nitrogens with zero attached hydrogens (tertiary/aromatic N) is 2. The van der Waals surface area contributed by atoms with Crippen molar-refractivity contribution < 1.29 is 10.0 Å². The van der Waals surface area contributed by atoms with E-state index in [1.807, 2.05) is 13.8 Å². The Kier molecular flexibility index (Phi) is 14.9. The van der Waals surface area contributed by atoms with Crippen molar-refractivity contribution in [1.29, 1.82) is 0 Å². The van der Waals surface area contributed by atoms with Gasteiger partial charge in [0.05, 0.1) is 0 Å².